The average Bonchev–Trinajstić information content (AvgIpc) is 3.12. The fourth-order valence-electron chi connectivity index (χ4n) is 2.13. The summed E-state index contributed by atoms with van der Waals surface area (Å²) in [5.41, 5.74) is 1.05. The van der Waals surface area contributed by atoms with Crippen molar-refractivity contribution in [1.82, 2.24) is 10.2 Å². The van der Waals surface area contributed by atoms with Gasteiger partial charge in [0.15, 0.2) is 6.10 Å². The number of aromatic nitrogens is 2. The lowest BCUT2D eigenvalue weighted by Gasteiger charge is -2.09. The maximum absolute atomic E-state index is 12.1. The van der Waals surface area contributed by atoms with E-state index < -0.39 is 12.1 Å². The summed E-state index contributed by atoms with van der Waals surface area (Å²) in [6.07, 6.45) is -0.708. The van der Waals surface area contributed by atoms with E-state index in [1.165, 1.54) is 24.3 Å². The van der Waals surface area contributed by atoms with Gasteiger partial charge in [0.2, 0.25) is 5.89 Å². The van der Waals surface area contributed by atoms with Gasteiger partial charge in [0.25, 0.3) is 5.89 Å². The molecular formula is C18H16N2O5. The smallest absolute Gasteiger partial charge is 0.338 e. The third-order valence-corrected chi connectivity index (χ3v) is 3.51. The molecule has 3 rings (SSSR count). The third-order valence-electron chi connectivity index (χ3n) is 3.51. The fourth-order valence-corrected chi connectivity index (χ4v) is 2.13. The van der Waals surface area contributed by atoms with Crippen molar-refractivity contribution < 1.29 is 23.8 Å². The van der Waals surface area contributed by atoms with Gasteiger partial charge in [-0.3, -0.25) is 0 Å². The van der Waals surface area contributed by atoms with Gasteiger partial charge in [-0.05, 0) is 55.5 Å². The van der Waals surface area contributed by atoms with E-state index in [9.17, 15) is 9.90 Å². The number of methoxy groups -OCH3 is 1. The largest absolute Gasteiger partial charge is 0.508 e. The maximum Gasteiger partial charge on any atom is 0.338 e. The second-order valence-corrected chi connectivity index (χ2v) is 5.27. The van der Waals surface area contributed by atoms with Crippen molar-refractivity contribution >= 4 is 5.97 Å². The molecular weight excluding hydrogens is 324 g/mol. The van der Waals surface area contributed by atoms with Gasteiger partial charge < -0.3 is 19.0 Å². The highest BCUT2D eigenvalue weighted by Crippen LogP contribution is 2.25. The van der Waals surface area contributed by atoms with Gasteiger partial charge in [0, 0.05) is 5.56 Å². The zero-order valence-electron chi connectivity index (χ0n) is 13.7. The highest BCUT2D eigenvalue weighted by molar-refractivity contribution is 5.89. The third kappa shape index (κ3) is 3.77. The standard InChI is InChI=1S/C18H16N2O5/c1-11(24-18(22)13-3-7-14(21)8-4-13)16-19-20-17(25-16)12-5-9-15(23-2)10-6-12/h3-11,21H,1-2H3/t11-/m1/s1. The molecule has 0 saturated heterocycles. The van der Waals surface area contributed by atoms with E-state index in [-0.39, 0.29) is 11.6 Å². The summed E-state index contributed by atoms with van der Waals surface area (Å²) in [5.74, 6) is 0.769. The highest BCUT2D eigenvalue weighted by atomic mass is 16.6. The molecule has 0 radical (unpaired) electrons. The van der Waals surface area contributed by atoms with Crippen molar-refractivity contribution in [3.05, 3.63) is 60.0 Å². The van der Waals surface area contributed by atoms with Crippen molar-refractivity contribution in [1.29, 1.82) is 0 Å². The van der Waals surface area contributed by atoms with Crippen LogP contribution in [0.2, 0.25) is 0 Å². The van der Waals surface area contributed by atoms with E-state index in [2.05, 4.69) is 10.2 Å². The van der Waals surface area contributed by atoms with Crippen molar-refractivity contribution in [3.8, 4) is 23.0 Å². The van der Waals surface area contributed by atoms with Gasteiger partial charge >= 0.3 is 5.97 Å². The number of carbonyl (C=O) groups is 1. The van der Waals surface area contributed by atoms with Gasteiger partial charge in [-0.15, -0.1) is 10.2 Å². The summed E-state index contributed by atoms with van der Waals surface area (Å²) in [5, 5.41) is 17.2. The summed E-state index contributed by atoms with van der Waals surface area (Å²) < 4.78 is 16.0. The molecule has 0 unspecified atom stereocenters. The van der Waals surface area contributed by atoms with Crippen LogP contribution in [-0.2, 0) is 4.74 Å². The minimum atomic E-state index is -0.708. The quantitative estimate of drug-likeness (QED) is 0.711. The van der Waals surface area contributed by atoms with Crippen LogP contribution in [0, 0.1) is 0 Å². The number of phenolic OH excluding ortho intramolecular Hbond substituents is 1. The maximum atomic E-state index is 12.1. The number of aromatic hydroxyl groups is 1. The summed E-state index contributed by atoms with van der Waals surface area (Å²) in [4.78, 5) is 12.1. The molecule has 7 nitrogen and oxygen atoms in total. The first-order valence-corrected chi connectivity index (χ1v) is 7.54. The van der Waals surface area contributed by atoms with Gasteiger partial charge in [-0.2, -0.15) is 0 Å². The number of hydrogen-bond acceptors (Lipinski definition) is 7. The first-order valence-electron chi connectivity index (χ1n) is 7.54. The number of nitrogens with zero attached hydrogens (tertiary/aromatic N) is 2. The molecule has 1 N–H and O–H groups in total. The lowest BCUT2D eigenvalue weighted by atomic mass is 10.2. The molecule has 0 bridgehead atoms. The number of ether oxygens (including phenoxy) is 2. The minimum Gasteiger partial charge on any atom is -0.508 e. The Balaban J connectivity index is 1.70. The zero-order valence-corrected chi connectivity index (χ0v) is 13.7. The Morgan fingerprint density at radius 1 is 1.08 bits per heavy atom. The Kier molecular flexibility index (Phi) is 4.65. The summed E-state index contributed by atoms with van der Waals surface area (Å²) in [6, 6.07) is 12.9. The van der Waals surface area contributed by atoms with Crippen LogP contribution in [0.4, 0.5) is 0 Å². The van der Waals surface area contributed by atoms with Crippen molar-refractivity contribution in [2.45, 2.75) is 13.0 Å². The van der Waals surface area contributed by atoms with Crippen LogP contribution in [-0.4, -0.2) is 28.4 Å². The number of carbonyl (C=O) groups excluding carboxylic acids is 1. The van der Waals surface area contributed by atoms with Gasteiger partial charge in [-0.1, -0.05) is 0 Å². The SMILES string of the molecule is COc1ccc(-c2nnc([C@@H](C)OC(=O)c3ccc(O)cc3)o2)cc1. The minimum absolute atomic E-state index is 0.0747. The topological polar surface area (TPSA) is 94.7 Å². The molecule has 1 aromatic heterocycles. The van der Waals surface area contributed by atoms with Crippen molar-refractivity contribution in [2.75, 3.05) is 7.11 Å². The number of esters is 1. The lowest BCUT2D eigenvalue weighted by Crippen LogP contribution is -2.09. The Morgan fingerprint density at radius 3 is 2.40 bits per heavy atom. The van der Waals surface area contributed by atoms with Crippen molar-refractivity contribution in [2.24, 2.45) is 0 Å². The number of phenols is 1. The normalized spacial score (nSPS) is 11.8. The van der Waals surface area contributed by atoms with E-state index >= 15 is 0 Å². The van der Waals surface area contributed by atoms with Gasteiger partial charge in [0.1, 0.15) is 11.5 Å². The Bertz CT molecular complexity index is 856. The first kappa shape index (κ1) is 16.5. The number of benzene rings is 2. The Morgan fingerprint density at radius 2 is 1.76 bits per heavy atom. The molecule has 0 amide bonds. The molecule has 0 spiro atoms. The molecule has 0 aliphatic heterocycles. The van der Waals surface area contributed by atoms with Crippen LogP contribution in [0.5, 0.6) is 11.5 Å². The molecule has 7 heteroatoms. The van der Waals surface area contributed by atoms with Crippen LogP contribution < -0.4 is 4.74 Å². The van der Waals surface area contributed by atoms with Gasteiger partial charge in [0.05, 0.1) is 12.7 Å². The monoisotopic (exact) mass is 340 g/mol. The van der Waals surface area contributed by atoms with Crippen LogP contribution in [0.1, 0.15) is 29.3 Å². The van der Waals surface area contributed by atoms with Crippen molar-refractivity contribution in [3.63, 3.8) is 0 Å². The predicted octanol–water partition coefficient (Wildman–Crippen LogP) is 3.37. The second kappa shape index (κ2) is 7.04. The Hall–Kier alpha value is -3.35. The fraction of sp³-hybridized carbons (Fsp3) is 0.167. The lowest BCUT2D eigenvalue weighted by molar-refractivity contribution is 0.0280. The highest BCUT2D eigenvalue weighted by Gasteiger charge is 2.20. The molecule has 0 saturated carbocycles. The molecule has 0 aliphatic rings. The molecule has 1 atom stereocenters. The van der Waals surface area contributed by atoms with Crippen LogP contribution >= 0.6 is 0 Å². The molecule has 128 valence electrons. The number of hydrogen-bond donors (Lipinski definition) is 1. The summed E-state index contributed by atoms with van der Waals surface area (Å²) in [6.45, 7) is 1.64. The van der Waals surface area contributed by atoms with Crippen LogP contribution in [0.3, 0.4) is 0 Å². The zero-order chi connectivity index (χ0) is 17.8. The average molecular weight is 340 g/mol. The summed E-state index contributed by atoms with van der Waals surface area (Å²) in [7, 11) is 1.59. The van der Waals surface area contributed by atoms with Crippen LogP contribution in [0.15, 0.2) is 52.9 Å². The predicted molar refractivity (Wildman–Crippen MR) is 88.2 cm³/mol. The second-order valence-electron chi connectivity index (χ2n) is 5.27. The molecule has 0 fully saturated rings. The van der Waals surface area contributed by atoms with E-state index in [0.29, 0.717) is 11.5 Å². The summed E-state index contributed by atoms with van der Waals surface area (Å²) >= 11 is 0. The van der Waals surface area contributed by atoms with E-state index in [0.717, 1.165) is 11.3 Å². The van der Waals surface area contributed by atoms with E-state index in [4.69, 9.17) is 13.9 Å². The Labute approximate surface area is 143 Å². The molecule has 3 aromatic rings. The van der Waals surface area contributed by atoms with E-state index in [1.807, 2.05) is 0 Å². The molecule has 2 aromatic carbocycles. The molecule has 1 heterocycles. The number of rotatable bonds is 5. The van der Waals surface area contributed by atoms with Gasteiger partial charge in [-0.25, -0.2) is 4.79 Å². The first-order chi connectivity index (χ1) is 12.1. The molecule has 0 aliphatic carbocycles. The van der Waals surface area contributed by atoms with Crippen LogP contribution in [0.25, 0.3) is 11.5 Å². The molecule has 25 heavy (non-hydrogen) atoms. The van der Waals surface area contributed by atoms with E-state index in [1.54, 1.807) is 38.3 Å².